The van der Waals surface area contributed by atoms with Crippen molar-refractivity contribution < 1.29 is 0 Å². The number of nitrogens with zero attached hydrogens (tertiary/aromatic N) is 1. The molecule has 0 saturated carbocycles. The number of aliphatic imine (C=N–C) groups is 1. The van der Waals surface area contributed by atoms with Crippen molar-refractivity contribution in [1.82, 2.24) is 0 Å². The van der Waals surface area contributed by atoms with E-state index in [0.717, 1.165) is 12.1 Å². The maximum Gasteiger partial charge on any atom is 0.411 e. The highest BCUT2D eigenvalue weighted by Gasteiger charge is 2.17. The topological polar surface area (TPSA) is 24.4 Å². The number of nitrogens with one attached hydrogen (secondary N) is 1. The van der Waals surface area contributed by atoms with Crippen LogP contribution in [0.15, 0.2) is 77.8 Å². The second kappa shape index (κ2) is 10.3. The Morgan fingerprint density at radius 3 is 2.36 bits per heavy atom. The summed E-state index contributed by atoms with van der Waals surface area (Å²) in [6.45, 7) is 6.59. The number of anilines is 1. The third kappa shape index (κ3) is 5.83. The molecule has 1 N–H and O–H groups in total. The molecular weight excluding hydrogens is 355 g/mol. The molecule has 3 rings (SSSR count). The number of benzene rings is 3. The highest BCUT2D eigenvalue weighted by molar-refractivity contribution is 6.62. The van der Waals surface area contributed by atoms with Crippen LogP contribution in [0.5, 0.6) is 0 Å². The van der Waals surface area contributed by atoms with Gasteiger partial charge in [-0.3, -0.25) is 4.99 Å². The minimum atomic E-state index is -1.04. The molecular formula is C25H29AlN2. The van der Waals surface area contributed by atoms with Gasteiger partial charge in [-0.15, -0.1) is 0 Å². The number of para-hydroxylation sites is 1. The van der Waals surface area contributed by atoms with Gasteiger partial charge in [-0.25, -0.2) is 0 Å². The zero-order valence-electron chi connectivity index (χ0n) is 17.2. The van der Waals surface area contributed by atoms with E-state index in [9.17, 15) is 0 Å². The average molecular weight is 385 g/mol. The van der Waals surface area contributed by atoms with Crippen LogP contribution in [0, 0.1) is 13.8 Å². The molecule has 0 radical (unpaired) electrons. The molecule has 0 unspecified atom stereocenters. The summed E-state index contributed by atoms with van der Waals surface area (Å²) in [6, 6.07) is 25.6. The molecule has 142 valence electrons. The van der Waals surface area contributed by atoms with Gasteiger partial charge in [0.05, 0.1) is 5.69 Å². The fourth-order valence-electron chi connectivity index (χ4n) is 3.33. The fraction of sp³-hybridized carbons (Fsp3) is 0.240. The molecule has 0 amide bonds. The first-order chi connectivity index (χ1) is 13.7. The summed E-state index contributed by atoms with van der Waals surface area (Å²) in [7, 11) is 0. The molecule has 3 aromatic rings. The van der Waals surface area contributed by atoms with E-state index < -0.39 is 14.4 Å². The summed E-state index contributed by atoms with van der Waals surface area (Å²) in [4.78, 5) is 4.68. The van der Waals surface area contributed by atoms with Gasteiger partial charge in [-0.05, 0) is 55.2 Å². The lowest BCUT2D eigenvalue weighted by Crippen LogP contribution is -2.24. The van der Waals surface area contributed by atoms with Crippen molar-refractivity contribution in [1.29, 1.82) is 0 Å². The van der Waals surface area contributed by atoms with Gasteiger partial charge in [-0.2, -0.15) is 0 Å². The van der Waals surface area contributed by atoms with E-state index >= 15 is 0 Å². The van der Waals surface area contributed by atoms with Crippen LogP contribution >= 0.6 is 0 Å². The molecule has 0 aliphatic rings. The van der Waals surface area contributed by atoms with Crippen LogP contribution in [0.25, 0.3) is 0 Å². The highest BCUT2D eigenvalue weighted by atomic mass is 27.2. The quantitative estimate of drug-likeness (QED) is 0.338. The Morgan fingerprint density at radius 2 is 1.61 bits per heavy atom. The lowest BCUT2D eigenvalue weighted by atomic mass is 10.1. The van der Waals surface area contributed by atoms with Crippen LogP contribution in [-0.2, 0) is 6.42 Å². The van der Waals surface area contributed by atoms with Gasteiger partial charge in [0.1, 0.15) is 0 Å². The lowest BCUT2D eigenvalue weighted by molar-refractivity contribution is 1.09. The molecule has 3 aromatic carbocycles. The maximum absolute atomic E-state index is 4.68. The molecule has 2 nitrogen and oxygen atoms in total. The van der Waals surface area contributed by atoms with Gasteiger partial charge in [0.25, 0.3) is 0 Å². The third-order valence-electron chi connectivity index (χ3n) is 5.20. The first-order valence-corrected chi connectivity index (χ1v) is 12.4. The summed E-state index contributed by atoms with van der Waals surface area (Å²) in [6.07, 6.45) is 3.11. The molecule has 0 bridgehead atoms. The van der Waals surface area contributed by atoms with Crippen molar-refractivity contribution in [3.05, 3.63) is 95.1 Å². The number of hydrogen-bond acceptors (Lipinski definition) is 2. The molecule has 0 atom stereocenters. The fourth-order valence-corrected chi connectivity index (χ4v) is 5.51. The molecule has 0 saturated heterocycles. The van der Waals surface area contributed by atoms with Gasteiger partial charge in [0.2, 0.25) is 0 Å². The minimum Gasteiger partial charge on any atom is -0.476 e. The van der Waals surface area contributed by atoms with Crippen LogP contribution < -0.4 is 4.30 Å². The Labute approximate surface area is 174 Å². The Balaban J connectivity index is 1.67. The van der Waals surface area contributed by atoms with Gasteiger partial charge in [0.15, 0.2) is 0 Å². The predicted octanol–water partition coefficient (Wildman–Crippen LogP) is 6.72. The standard InChI is InChI=1S/C16H16N.C7H8N.C2H5.Al/c1-3-14-6-4-5-7-15(14)12-17-16-10-8-13(2)9-11-16;1-6-4-2-3-5-7(6)8;1-2;/h4-12H,1,3H2,2H3;2-5,8H,1H3;1H2,2H3;/q;-1;;+1. The van der Waals surface area contributed by atoms with Crippen molar-refractivity contribution in [2.45, 2.75) is 37.8 Å². The smallest absolute Gasteiger partial charge is 0.411 e. The monoisotopic (exact) mass is 384 g/mol. The Kier molecular flexibility index (Phi) is 7.48. The van der Waals surface area contributed by atoms with Gasteiger partial charge in [-0.1, -0.05) is 77.7 Å². The molecule has 0 heterocycles. The molecule has 0 spiro atoms. The van der Waals surface area contributed by atoms with Crippen LogP contribution in [0.3, 0.4) is 0 Å². The molecule has 0 aliphatic carbocycles. The minimum absolute atomic E-state index is 1.00. The third-order valence-corrected chi connectivity index (χ3v) is 7.89. The van der Waals surface area contributed by atoms with Crippen molar-refractivity contribution >= 4 is 32.0 Å². The van der Waals surface area contributed by atoms with E-state index in [2.05, 4.69) is 103 Å². The zero-order chi connectivity index (χ0) is 19.8. The zero-order valence-corrected chi connectivity index (χ0v) is 18.3. The number of rotatable bonds is 8. The molecule has 0 aliphatic heterocycles. The maximum atomic E-state index is 4.68. The van der Waals surface area contributed by atoms with Crippen LogP contribution in [0.1, 0.15) is 29.2 Å². The van der Waals surface area contributed by atoms with E-state index in [0.29, 0.717) is 0 Å². The molecule has 3 heteroatoms. The summed E-state index contributed by atoms with van der Waals surface area (Å²) in [5.74, 6) is 0. The van der Waals surface area contributed by atoms with Crippen LogP contribution in [-0.4, -0.2) is 20.6 Å². The molecule has 28 heavy (non-hydrogen) atoms. The largest absolute Gasteiger partial charge is 0.476 e. The van der Waals surface area contributed by atoms with Crippen LogP contribution in [0.4, 0.5) is 11.4 Å². The Hall–Kier alpha value is -2.34. The normalized spacial score (nSPS) is 11.0. The van der Waals surface area contributed by atoms with E-state index in [1.807, 2.05) is 6.21 Å². The second-order valence-electron chi connectivity index (χ2n) is 7.40. The summed E-state index contributed by atoms with van der Waals surface area (Å²) in [5.41, 5.74) is 7.51. The first-order valence-electron chi connectivity index (χ1n) is 10.2. The van der Waals surface area contributed by atoms with E-state index in [-0.39, 0.29) is 0 Å². The number of aryl methyl sites for hydroxylation is 3. The highest BCUT2D eigenvalue weighted by Crippen LogP contribution is 2.19. The Bertz CT molecular complexity index is 916. The van der Waals surface area contributed by atoms with Crippen molar-refractivity contribution in [2.24, 2.45) is 4.99 Å². The van der Waals surface area contributed by atoms with Gasteiger partial charge < -0.3 is 4.30 Å². The average Bonchev–Trinajstić information content (AvgIpc) is 2.72. The SMILES string of the molecule is C[CH2][Al]([CH2]Cc1ccccc1C=Nc1ccc(C)cc1)[NH]c1ccccc1C. The lowest BCUT2D eigenvalue weighted by Gasteiger charge is -2.16. The summed E-state index contributed by atoms with van der Waals surface area (Å²) >= 11 is -1.04. The van der Waals surface area contributed by atoms with Gasteiger partial charge in [0, 0.05) is 11.9 Å². The second-order valence-corrected chi connectivity index (χ2v) is 10.5. The van der Waals surface area contributed by atoms with E-state index in [4.69, 9.17) is 0 Å². The predicted molar refractivity (Wildman–Crippen MR) is 124 cm³/mol. The number of hydrogen-bond donors (Lipinski definition) is 1. The van der Waals surface area contributed by atoms with E-state index in [1.165, 1.54) is 38.5 Å². The van der Waals surface area contributed by atoms with Crippen molar-refractivity contribution in [3.63, 3.8) is 0 Å². The van der Waals surface area contributed by atoms with Crippen LogP contribution in [0.2, 0.25) is 10.6 Å². The van der Waals surface area contributed by atoms with E-state index in [1.54, 1.807) is 0 Å². The van der Waals surface area contributed by atoms with Crippen molar-refractivity contribution in [3.8, 4) is 0 Å². The summed E-state index contributed by atoms with van der Waals surface area (Å²) in [5, 5.41) is 2.48. The molecule has 0 fully saturated rings. The Morgan fingerprint density at radius 1 is 0.893 bits per heavy atom. The summed E-state index contributed by atoms with van der Waals surface area (Å²) < 4.78 is 3.86. The molecule has 0 aromatic heterocycles. The van der Waals surface area contributed by atoms with Crippen molar-refractivity contribution in [2.75, 3.05) is 4.30 Å². The first kappa shape index (κ1) is 20.4. The van der Waals surface area contributed by atoms with Gasteiger partial charge >= 0.3 is 14.4 Å².